The Hall–Kier alpha value is -2.05. The largest absolute Gasteiger partial charge is 0.373 e. The summed E-state index contributed by atoms with van der Waals surface area (Å²) in [5.74, 6) is 1.38. The number of anilines is 1. The summed E-state index contributed by atoms with van der Waals surface area (Å²) in [5, 5.41) is 10.8. The van der Waals surface area contributed by atoms with Gasteiger partial charge < -0.3 is 20.3 Å². The van der Waals surface area contributed by atoms with Crippen LogP contribution in [0.3, 0.4) is 0 Å². The van der Waals surface area contributed by atoms with E-state index in [1.54, 1.807) is 0 Å². The first-order chi connectivity index (χ1) is 14.3. The van der Waals surface area contributed by atoms with E-state index in [1.807, 2.05) is 18.4 Å². The average Bonchev–Trinajstić information content (AvgIpc) is 3.33. The van der Waals surface area contributed by atoms with Gasteiger partial charge in [0, 0.05) is 45.2 Å². The van der Waals surface area contributed by atoms with Crippen molar-refractivity contribution in [3.63, 3.8) is 0 Å². The number of aliphatic imine (C=N–C) groups is 1. The maximum absolute atomic E-state index is 6.13. The van der Waals surface area contributed by atoms with Gasteiger partial charge in [-0.25, -0.2) is 0 Å². The van der Waals surface area contributed by atoms with Gasteiger partial charge in [0.25, 0.3) is 0 Å². The average molecular weight is 413 g/mol. The van der Waals surface area contributed by atoms with Crippen LogP contribution in [0, 0.1) is 5.92 Å². The Labute approximate surface area is 178 Å². The number of nitrogens with one attached hydrogen (secondary N) is 2. The number of ether oxygens (including phenoxy) is 1. The summed E-state index contributed by atoms with van der Waals surface area (Å²) in [6.45, 7) is 3.93. The Kier molecular flexibility index (Phi) is 7.06. The van der Waals surface area contributed by atoms with Crippen molar-refractivity contribution in [1.29, 1.82) is 0 Å². The SMILES string of the molecule is CN=C(NCC1CCCOC1c1ccccc1)NC1CCN(c2cccs2)CC1. The van der Waals surface area contributed by atoms with Crippen molar-refractivity contribution in [2.24, 2.45) is 10.9 Å². The molecule has 0 radical (unpaired) electrons. The van der Waals surface area contributed by atoms with Crippen molar-refractivity contribution in [2.45, 2.75) is 37.8 Å². The van der Waals surface area contributed by atoms with Gasteiger partial charge in [-0.15, -0.1) is 11.3 Å². The third-order valence-electron chi connectivity index (χ3n) is 5.98. The molecule has 6 heteroatoms. The molecule has 3 heterocycles. The van der Waals surface area contributed by atoms with E-state index in [0.29, 0.717) is 12.0 Å². The second-order valence-corrected chi connectivity index (χ2v) is 8.84. The number of piperidine rings is 1. The summed E-state index contributed by atoms with van der Waals surface area (Å²) in [7, 11) is 1.86. The fourth-order valence-electron chi connectivity index (χ4n) is 4.37. The molecule has 2 aliphatic heterocycles. The van der Waals surface area contributed by atoms with Gasteiger partial charge in [0.1, 0.15) is 0 Å². The lowest BCUT2D eigenvalue weighted by molar-refractivity contribution is -0.0265. The Morgan fingerprint density at radius 3 is 2.69 bits per heavy atom. The molecule has 4 rings (SSSR count). The highest BCUT2D eigenvalue weighted by Crippen LogP contribution is 2.33. The number of hydrogen-bond donors (Lipinski definition) is 2. The van der Waals surface area contributed by atoms with Crippen molar-refractivity contribution in [2.75, 3.05) is 38.2 Å². The normalized spacial score (nSPS) is 23.8. The molecule has 1 aromatic carbocycles. The van der Waals surface area contributed by atoms with Gasteiger partial charge in [0.15, 0.2) is 5.96 Å². The molecule has 2 N–H and O–H groups in total. The molecular weight excluding hydrogens is 380 g/mol. The molecule has 0 saturated carbocycles. The number of hydrogen-bond acceptors (Lipinski definition) is 4. The van der Waals surface area contributed by atoms with Crippen LogP contribution in [0.4, 0.5) is 5.00 Å². The molecular formula is C23H32N4OS. The van der Waals surface area contributed by atoms with Crippen LogP contribution in [-0.4, -0.2) is 45.3 Å². The van der Waals surface area contributed by atoms with Crippen LogP contribution in [0.2, 0.25) is 0 Å². The van der Waals surface area contributed by atoms with Crippen LogP contribution in [0.1, 0.15) is 37.4 Å². The minimum absolute atomic E-state index is 0.171. The zero-order valence-electron chi connectivity index (χ0n) is 17.2. The maximum Gasteiger partial charge on any atom is 0.191 e. The molecule has 2 aliphatic rings. The summed E-state index contributed by atoms with van der Waals surface area (Å²) in [4.78, 5) is 6.96. The fourth-order valence-corrected chi connectivity index (χ4v) is 5.16. The van der Waals surface area contributed by atoms with E-state index >= 15 is 0 Å². The van der Waals surface area contributed by atoms with Gasteiger partial charge in [0.05, 0.1) is 11.1 Å². The van der Waals surface area contributed by atoms with E-state index in [4.69, 9.17) is 4.74 Å². The first-order valence-corrected chi connectivity index (χ1v) is 11.6. The molecule has 0 spiro atoms. The number of rotatable bonds is 5. The predicted molar refractivity (Wildman–Crippen MR) is 122 cm³/mol. The Balaban J connectivity index is 1.27. The monoisotopic (exact) mass is 412 g/mol. The second kappa shape index (κ2) is 10.1. The van der Waals surface area contributed by atoms with Crippen molar-refractivity contribution in [1.82, 2.24) is 10.6 Å². The molecule has 2 saturated heterocycles. The van der Waals surface area contributed by atoms with E-state index in [1.165, 1.54) is 17.0 Å². The van der Waals surface area contributed by atoms with Crippen molar-refractivity contribution >= 4 is 22.3 Å². The summed E-state index contributed by atoms with van der Waals surface area (Å²) < 4.78 is 6.13. The van der Waals surface area contributed by atoms with E-state index in [-0.39, 0.29) is 6.10 Å². The molecule has 0 aliphatic carbocycles. The number of nitrogens with zero attached hydrogens (tertiary/aromatic N) is 2. The van der Waals surface area contributed by atoms with Crippen LogP contribution in [0.15, 0.2) is 52.8 Å². The van der Waals surface area contributed by atoms with E-state index < -0.39 is 0 Å². The van der Waals surface area contributed by atoms with Crippen LogP contribution in [0.5, 0.6) is 0 Å². The highest BCUT2D eigenvalue weighted by Gasteiger charge is 2.28. The third-order valence-corrected chi connectivity index (χ3v) is 6.91. The van der Waals surface area contributed by atoms with Gasteiger partial charge in [-0.05, 0) is 48.8 Å². The van der Waals surface area contributed by atoms with Crippen LogP contribution in [0.25, 0.3) is 0 Å². The molecule has 5 nitrogen and oxygen atoms in total. The van der Waals surface area contributed by atoms with Crippen molar-refractivity contribution in [3.8, 4) is 0 Å². The van der Waals surface area contributed by atoms with Crippen molar-refractivity contribution < 1.29 is 4.74 Å². The Bertz CT molecular complexity index is 756. The van der Waals surface area contributed by atoms with Gasteiger partial charge in [0.2, 0.25) is 0 Å². The summed E-state index contributed by atoms with van der Waals surface area (Å²) in [5.41, 5.74) is 1.28. The minimum atomic E-state index is 0.171. The zero-order valence-corrected chi connectivity index (χ0v) is 18.0. The highest BCUT2D eigenvalue weighted by atomic mass is 32.1. The van der Waals surface area contributed by atoms with Gasteiger partial charge >= 0.3 is 0 Å². The minimum Gasteiger partial charge on any atom is -0.373 e. The fraction of sp³-hybridized carbons (Fsp3) is 0.522. The number of thiophene rings is 1. The van der Waals surface area contributed by atoms with Gasteiger partial charge in [-0.2, -0.15) is 0 Å². The van der Waals surface area contributed by atoms with Crippen LogP contribution in [-0.2, 0) is 4.74 Å². The maximum atomic E-state index is 6.13. The molecule has 2 unspecified atom stereocenters. The second-order valence-electron chi connectivity index (χ2n) is 7.91. The molecule has 156 valence electrons. The Morgan fingerprint density at radius 1 is 1.14 bits per heavy atom. The quantitative estimate of drug-likeness (QED) is 0.575. The van der Waals surface area contributed by atoms with E-state index in [2.05, 4.69) is 68.4 Å². The molecule has 0 bridgehead atoms. The van der Waals surface area contributed by atoms with Crippen LogP contribution < -0.4 is 15.5 Å². The highest BCUT2D eigenvalue weighted by molar-refractivity contribution is 7.14. The molecule has 2 aromatic rings. The summed E-state index contributed by atoms with van der Waals surface area (Å²) in [6.07, 6.45) is 4.76. The standard InChI is InChI=1S/C23H32N4OS/c1-24-23(26-20-11-13-27(14-12-20)21-10-6-16-29-21)25-17-19-9-5-15-28-22(19)18-7-3-2-4-8-18/h2-4,6-8,10,16,19-20,22H,5,9,11-15,17H2,1H3,(H2,24,25,26). The first kappa shape index (κ1) is 20.2. The molecule has 1 aromatic heterocycles. The lowest BCUT2D eigenvalue weighted by Crippen LogP contribution is -2.49. The number of benzene rings is 1. The third kappa shape index (κ3) is 5.31. The van der Waals surface area contributed by atoms with Crippen LogP contribution >= 0.6 is 11.3 Å². The first-order valence-electron chi connectivity index (χ1n) is 10.8. The zero-order chi connectivity index (χ0) is 19.9. The summed E-state index contributed by atoms with van der Waals surface area (Å²) >= 11 is 1.83. The lowest BCUT2D eigenvalue weighted by atomic mass is 9.89. The molecule has 0 amide bonds. The Morgan fingerprint density at radius 2 is 1.97 bits per heavy atom. The van der Waals surface area contributed by atoms with Gasteiger partial charge in [-0.1, -0.05) is 30.3 Å². The van der Waals surface area contributed by atoms with E-state index in [0.717, 1.165) is 51.5 Å². The summed E-state index contributed by atoms with van der Waals surface area (Å²) in [6, 6.07) is 15.4. The molecule has 2 fully saturated rings. The smallest absolute Gasteiger partial charge is 0.191 e. The van der Waals surface area contributed by atoms with Gasteiger partial charge in [-0.3, -0.25) is 4.99 Å². The van der Waals surface area contributed by atoms with Crippen molar-refractivity contribution in [3.05, 3.63) is 53.4 Å². The topological polar surface area (TPSA) is 48.9 Å². The predicted octanol–water partition coefficient (Wildman–Crippen LogP) is 4.05. The lowest BCUT2D eigenvalue weighted by Gasteiger charge is -2.35. The van der Waals surface area contributed by atoms with E-state index in [9.17, 15) is 0 Å². The molecule has 29 heavy (non-hydrogen) atoms. The number of guanidine groups is 1. The molecule has 2 atom stereocenters.